The van der Waals surface area contributed by atoms with Crippen LogP contribution in [0.4, 0.5) is 5.69 Å². The summed E-state index contributed by atoms with van der Waals surface area (Å²) >= 11 is 0. The summed E-state index contributed by atoms with van der Waals surface area (Å²) in [5.74, 6) is 0.372. The molecule has 0 aliphatic carbocycles. The number of nitrogens with one attached hydrogen (secondary N) is 1. The Labute approximate surface area is 108 Å². The molecule has 0 radical (unpaired) electrons. The minimum atomic E-state index is 0.0269. The lowest BCUT2D eigenvalue weighted by Gasteiger charge is -2.21. The zero-order valence-corrected chi connectivity index (χ0v) is 10.7. The van der Waals surface area contributed by atoms with Gasteiger partial charge in [0.15, 0.2) is 0 Å². The van der Waals surface area contributed by atoms with Crippen molar-refractivity contribution in [2.45, 2.75) is 19.3 Å². The molecule has 1 unspecified atom stereocenters. The number of rotatable bonds is 5. The van der Waals surface area contributed by atoms with Crippen molar-refractivity contribution in [1.82, 2.24) is 4.90 Å². The summed E-state index contributed by atoms with van der Waals surface area (Å²) in [5.41, 5.74) is 2.37. The Balaban J connectivity index is 2.01. The van der Waals surface area contributed by atoms with Crippen molar-refractivity contribution in [2.75, 3.05) is 31.6 Å². The van der Waals surface area contributed by atoms with Gasteiger partial charge >= 0.3 is 0 Å². The number of para-hydroxylation sites is 1. The van der Waals surface area contributed by atoms with E-state index in [4.69, 9.17) is 5.11 Å². The Morgan fingerprint density at radius 2 is 2.28 bits per heavy atom. The first-order chi connectivity index (χ1) is 8.76. The largest absolute Gasteiger partial charge is 0.395 e. The number of carbonyl (C=O) groups excluding carboxylic acids is 1. The van der Waals surface area contributed by atoms with Crippen LogP contribution in [0.1, 0.15) is 24.8 Å². The van der Waals surface area contributed by atoms with Crippen LogP contribution in [-0.4, -0.2) is 42.2 Å². The highest BCUT2D eigenvalue weighted by molar-refractivity contribution is 5.78. The van der Waals surface area contributed by atoms with E-state index in [0.717, 1.165) is 12.2 Å². The lowest BCUT2D eigenvalue weighted by atomic mass is 9.97. The Morgan fingerprint density at radius 3 is 3.00 bits per heavy atom. The maximum Gasteiger partial charge on any atom is 0.223 e. The average molecular weight is 248 g/mol. The van der Waals surface area contributed by atoms with Gasteiger partial charge in [0.2, 0.25) is 5.91 Å². The first kappa shape index (κ1) is 12.9. The first-order valence-electron chi connectivity index (χ1n) is 6.47. The van der Waals surface area contributed by atoms with Crippen LogP contribution in [0.5, 0.6) is 0 Å². The van der Waals surface area contributed by atoms with E-state index in [1.807, 2.05) is 25.1 Å². The number of amides is 1. The van der Waals surface area contributed by atoms with Gasteiger partial charge < -0.3 is 15.3 Å². The molecule has 0 bridgehead atoms. The Kier molecular flexibility index (Phi) is 4.20. The van der Waals surface area contributed by atoms with E-state index in [-0.39, 0.29) is 18.4 Å². The molecule has 0 saturated carbocycles. The van der Waals surface area contributed by atoms with Gasteiger partial charge in [-0.05, 0) is 18.6 Å². The quantitative estimate of drug-likeness (QED) is 0.828. The lowest BCUT2D eigenvalue weighted by molar-refractivity contribution is -0.131. The maximum atomic E-state index is 12.1. The number of likely N-dealkylation sites (N-methyl/N-ethyl adjacent to an activating group) is 1. The molecule has 1 amide bonds. The van der Waals surface area contributed by atoms with E-state index in [2.05, 4.69) is 11.4 Å². The van der Waals surface area contributed by atoms with Gasteiger partial charge in [-0.25, -0.2) is 0 Å². The Hall–Kier alpha value is -1.55. The van der Waals surface area contributed by atoms with Gasteiger partial charge in [0.1, 0.15) is 0 Å². The number of benzene rings is 1. The van der Waals surface area contributed by atoms with Crippen LogP contribution in [0.25, 0.3) is 0 Å². The number of aliphatic hydroxyl groups is 1. The molecule has 18 heavy (non-hydrogen) atoms. The van der Waals surface area contributed by atoms with Crippen LogP contribution in [0.3, 0.4) is 0 Å². The van der Waals surface area contributed by atoms with Gasteiger partial charge in [0.25, 0.3) is 0 Å². The zero-order chi connectivity index (χ0) is 13.0. The summed E-state index contributed by atoms with van der Waals surface area (Å²) < 4.78 is 0. The third kappa shape index (κ3) is 2.64. The molecule has 0 spiro atoms. The van der Waals surface area contributed by atoms with Crippen LogP contribution in [0.15, 0.2) is 24.3 Å². The number of nitrogens with zero attached hydrogens (tertiary/aromatic N) is 1. The van der Waals surface area contributed by atoms with Gasteiger partial charge in [-0.15, -0.1) is 0 Å². The highest BCUT2D eigenvalue weighted by atomic mass is 16.3. The van der Waals surface area contributed by atoms with Crippen LogP contribution in [-0.2, 0) is 4.79 Å². The van der Waals surface area contributed by atoms with Crippen molar-refractivity contribution in [1.29, 1.82) is 0 Å². The summed E-state index contributed by atoms with van der Waals surface area (Å²) in [7, 11) is 0. The van der Waals surface area contributed by atoms with E-state index in [0.29, 0.717) is 19.5 Å². The van der Waals surface area contributed by atoms with Crippen LogP contribution in [0.2, 0.25) is 0 Å². The van der Waals surface area contributed by atoms with E-state index in [9.17, 15) is 4.79 Å². The predicted octanol–water partition coefficient (Wildman–Crippen LogP) is 1.43. The molecule has 4 heteroatoms. The summed E-state index contributed by atoms with van der Waals surface area (Å²) in [6, 6.07) is 8.13. The van der Waals surface area contributed by atoms with Crippen molar-refractivity contribution >= 4 is 11.6 Å². The van der Waals surface area contributed by atoms with Crippen molar-refractivity contribution < 1.29 is 9.90 Å². The van der Waals surface area contributed by atoms with Crippen molar-refractivity contribution in [2.24, 2.45) is 0 Å². The van der Waals surface area contributed by atoms with Gasteiger partial charge in [0, 0.05) is 37.7 Å². The molecule has 0 aromatic heterocycles. The molecule has 1 aromatic rings. The second-order valence-electron chi connectivity index (χ2n) is 4.57. The Bertz CT molecular complexity index is 420. The van der Waals surface area contributed by atoms with Crippen LogP contribution < -0.4 is 5.32 Å². The molecule has 1 heterocycles. The molecular formula is C14H20N2O2. The molecule has 98 valence electrons. The number of fused-ring (bicyclic) bond motifs is 1. The van der Waals surface area contributed by atoms with Gasteiger partial charge in [-0.2, -0.15) is 0 Å². The van der Waals surface area contributed by atoms with E-state index in [1.165, 1.54) is 5.56 Å². The van der Waals surface area contributed by atoms with E-state index >= 15 is 0 Å². The SMILES string of the molecule is CCN(CCO)C(=O)CC1CNc2ccccc21. The minimum Gasteiger partial charge on any atom is -0.395 e. The first-order valence-corrected chi connectivity index (χ1v) is 6.47. The van der Waals surface area contributed by atoms with Crippen molar-refractivity contribution in [3.05, 3.63) is 29.8 Å². The number of hydrogen-bond donors (Lipinski definition) is 2. The van der Waals surface area contributed by atoms with Crippen LogP contribution in [0, 0.1) is 0 Å². The average Bonchev–Trinajstić information content (AvgIpc) is 2.79. The van der Waals surface area contributed by atoms with Crippen LogP contribution >= 0.6 is 0 Å². The monoisotopic (exact) mass is 248 g/mol. The fraction of sp³-hybridized carbons (Fsp3) is 0.500. The number of anilines is 1. The molecule has 0 fully saturated rings. The molecule has 1 aliphatic heterocycles. The maximum absolute atomic E-state index is 12.1. The smallest absolute Gasteiger partial charge is 0.223 e. The molecule has 1 aromatic carbocycles. The van der Waals surface area contributed by atoms with E-state index in [1.54, 1.807) is 4.90 Å². The number of carbonyl (C=O) groups is 1. The third-order valence-electron chi connectivity index (χ3n) is 3.46. The second-order valence-corrected chi connectivity index (χ2v) is 4.57. The summed E-state index contributed by atoms with van der Waals surface area (Å²) in [5, 5.41) is 12.3. The summed E-state index contributed by atoms with van der Waals surface area (Å²) in [6.45, 7) is 3.87. The summed E-state index contributed by atoms with van der Waals surface area (Å²) in [4.78, 5) is 13.8. The van der Waals surface area contributed by atoms with Gasteiger partial charge in [0.05, 0.1) is 6.61 Å². The van der Waals surface area contributed by atoms with E-state index < -0.39 is 0 Å². The normalized spacial score (nSPS) is 17.1. The van der Waals surface area contributed by atoms with Crippen molar-refractivity contribution in [3.8, 4) is 0 Å². The lowest BCUT2D eigenvalue weighted by Crippen LogP contribution is -2.34. The number of aliphatic hydroxyl groups excluding tert-OH is 1. The number of hydrogen-bond acceptors (Lipinski definition) is 3. The predicted molar refractivity (Wildman–Crippen MR) is 71.6 cm³/mol. The topological polar surface area (TPSA) is 52.6 Å². The van der Waals surface area contributed by atoms with Gasteiger partial charge in [-0.3, -0.25) is 4.79 Å². The molecule has 2 rings (SSSR count). The Morgan fingerprint density at radius 1 is 1.50 bits per heavy atom. The molecular weight excluding hydrogens is 228 g/mol. The third-order valence-corrected chi connectivity index (χ3v) is 3.46. The molecule has 2 N–H and O–H groups in total. The summed E-state index contributed by atoms with van der Waals surface area (Å²) in [6.07, 6.45) is 0.512. The highest BCUT2D eigenvalue weighted by Gasteiger charge is 2.25. The van der Waals surface area contributed by atoms with Gasteiger partial charge in [-0.1, -0.05) is 18.2 Å². The standard InChI is InChI=1S/C14H20N2O2/c1-2-16(7-8-17)14(18)9-11-10-15-13-6-4-3-5-12(11)13/h3-6,11,15,17H,2,7-10H2,1H3. The van der Waals surface area contributed by atoms with Crippen molar-refractivity contribution in [3.63, 3.8) is 0 Å². The zero-order valence-electron chi connectivity index (χ0n) is 10.7. The fourth-order valence-corrected chi connectivity index (χ4v) is 2.46. The fourth-order valence-electron chi connectivity index (χ4n) is 2.46. The minimum absolute atomic E-state index is 0.0269. The molecule has 1 aliphatic rings. The molecule has 0 saturated heterocycles. The highest BCUT2D eigenvalue weighted by Crippen LogP contribution is 2.33. The molecule has 1 atom stereocenters. The second kappa shape index (κ2) is 5.87. The molecule has 4 nitrogen and oxygen atoms in total.